The Balaban J connectivity index is 1.77. The summed E-state index contributed by atoms with van der Waals surface area (Å²) < 4.78 is 4.07. The van der Waals surface area contributed by atoms with Gasteiger partial charge in [0.2, 0.25) is 0 Å². The standard InChI is InChI=1S/C13H24N4S/c1-10(2)13-12(18-16-15-13)8-14-11(3)9-17-6-4-5-7-17/h10-11,14H,4-9H2,1-3H3. The molecule has 0 spiro atoms. The first-order valence-corrected chi connectivity index (χ1v) is 7.71. The zero-order chi connectivity index (χ0) is 13.0. The molecule has 1 atom stereocenters. The molecule has 1 unspecified atom stereocenters. The summed E-state index contributed by atoms with van der Waals surface area (Å²) in [6.45, 7) is 11.2. The van der Waals surface area contributed by atoms with Gasteiger partial charge in [0.15, 0.2) is 0 Å². The third-order valence-electron chi connectivity index (χ3n) is 3.47. The molecule has 0 amide bonds. The van der Waals surface area contributed by atoms with Gasteiger partial charge in [0.05, 0.1) is 10.6 Å². The molecule has 1 aromatic rings. The molecular formula is C13H24N4S. The molecule has 1 saturated heterocycles. The molecule has 1 aliphatic heterocycles. The van der Waals surface area contributed by atoms with E-state index in [0.29, 0.717) is 12.0 Å². The minimum Gasteiger partial charge on any atom is -0.308 e. The normalized spacial score (nSPS) is 18.7. The van der Waals surface area contributed by atoms with Crippen LogP contribution in [-0.4, -0.2) is 40.2 Å². The van der Waals surface area contributed by atoms with Crippen LogP contribution >= 0.6 is 11.5 Å². The number of hydrogen-bond acceptors (Lipinski definition) is 5. The smallest absolute Gasteiger partial charge is 0.0826 e. The fraction of sp³-hybridized carbons (Fsp3) is 0.846. The SMILES string of the molecule is CC(CN1CCCC1)NCc1snnc1C(C)C. The van der Waals surface area contributed by atoms with Crippen molar-refractivity contribution in [1.82, 2.24) is 19.8 Å². The second kappa shape index (κ2) is 6.59. The van der Waals surface area contributed by atoms with Gasteiger partial charge in [-0.25, -0.2) is 0 Å². The van der Waals surface area contributed by atoms with Gasteiger partial charge in [-0.15, -0.1) is 5.10 Å². The van der Waals surface area contributed by atoms with Crippen molar-refractivity contribution in [2.75, 3.05) is 19.6 Å². The van der Waals surface area contributed by atoms with Gasteiger partial charge >= 0.3 is 0 Å². The van der Waals surface area contributed by atoms with Gasteiger partial charge in [0, 0.05) is 19.1 Å². The molecule has 4 nitrogen and oxygen atoms in total. The van der Waals surface area contributed by atoms with Crippen LogP contribution in [0.4, 0.5) is 0 Å². The van der Waals surface area contributed by atoms with Gasteiger partial charge in [-0.2, -0.15) is 0 Å². The summed E-state index contributed by atoms with van der Waals surface area (Å²) in [5.41, 5.74) is 1.15. The molecule has 0 bridgehead atoms. The summed E-state index contributed by atoms with van der Waals surface area (Å²) in [6.07, 6.45) is 2.73. The summed E-state index contributed by atoms with van der Waals surface area (Å²) in [5.74, 6) is 0.467. The van der Waals surface area contributed by atoms with Crippen LogP contribution in [-0.2, 0) is 6.54 Å². The average Bonchev–Trinajstić information content (AvgIpc) is 2.96. The highest BCUT2D eigenvalue weighted by molar-refractivity contribution is 7.05. The van der Waals surface area contributed by atoms with Crippen LogP contribution in [0.2, 0.25) is 0 Å². The number of aromatic nitrogens is 2. The highest BCUT2D eigenvalue weighted by Gasteiger charge is 2.16. The first-order valence-electron chi connectivity index (χ1n) is 6.93. The predicted molar refractivity (Wildman–Crippen MR) is 76.0 cm³/mol. The molecule has 18 heavy (non-hydrogen) atoms. The maximum Gasteiger partial charge on any atom is 0.0826 e. The van der Waals surface area contributed by atoms with Gasteiger partial charge < -0.3 is 10.2 Å². The Labute approximate surface area is 114 Å². The Kier molecular flexibility index (Phi) is 5.09. The van der Waals surface area contributed by atoms with Crippen molar-refractivity contribution < 1.29 is 0 Å². The second-order valence-corrected chi connectivity index (χ2v) is 6.36. The molecule has 1 aromatic heterocycles. The van der Waals surface area contributed by atoms with Gasteiger partial charge in [-0.1, -0.05) is 18.3 Å². The molecule has 1 aliphatic rings. The first kappa shape index (κ1) is 13.9. The van der Waals surface area contributed by atoms with E-state index in [0.717, 1.165) is 18.8 Å². The molecule has 1 fully saturated rings. The van der Waals surface area contributed by atoms with Crippen molar-refractivity contribution in [2.24, 2.45) is 0 Å². The van der Waals surface area contributed by atoms with Gasteiger partial charge in [0.25, 0.3) is 0 Å². The van der Waals surface area contributed by atoms with E-state index in [1.165, 1.54) is 42.3 Å². The summed E-state index contributed by atoms with van der Waals surface area (Å²) in [4.78, 5) is 3.84. The van der Waals surface area contributed by atoms with Crippen molar-refractivity contribution in [2.45, 2.75) is 52.1 Å². The Morgan fingerprint density at radius 2 is 2.00 bits per heavy atom. The van der Waals surface area contributed by atoms with Gasteiger partial charge in [-0.05, 0) is 50.3 Å². The zero-order valence-electron chi connectivity index (χ0n) is 11.6. The monoisotopic (exact) mass is 268 g/mol. The zero-order valence-corrected chi connectivity index (χ0v) is 12.5. The summed E-state index contributed by atoms with van der Waals surface area (Å²) in [7, 11) is 0. The van der Waals surface area contributed by atoms with E-state index < -0.39 is 0 Å². The maximum atomic E-state index is 4.22. The molecular weight excluding hydrogens is 244 g/mol. The third-order valence-corrected chi connectivity index (χ3v) is 4.21. The van der Waals surface area contributed by atoms with Crippen molar-refractivity contribution >= 4 is 11.5 Å². The average molecular weight is 268 g/mol. The van der Waals surface area contributed by atoms with E-state index in [4.69, 9.17) is 0 Å². The van der Waals surface area contributed by atoms with Crippen LogP contribution < -0.4 is 5.32 Å². The predicted octanol–water partition coefficient (Wildman–Crippen LogP) is 2.24. The Hall–Kier alpha value is -0.520. The Morgan fingerprint density at radius 1 is 1.28 bits per heavy atom. The molecule has 0 saturated carbocycles. The highest BCUT2D eigenvalue weighted by atomic mass is 32.1. The largest absolute Gasteiger partial charge is 0.308 e. The third kappa shape index (κ3) is 3.73. The van der Waals surface area contributed by atoms with Crippen molar-refractivity contribution in [3.05, 3.63) is 10.6 Å². The lowest BCUT2D eigenvalue weighted by Crippen LogP contribution is -2.37. The van der Waals surface area contributed by atoms with Crippen LogP contribution in [0.1, 0.15) is 50.1 Å². The Morgan fingerprint density at radius 3 is 2.67 bits per heavy atom. The van der Waals surface area contributed by atoms with Crippen LogP contribution in [0.15, 0.2) is 0 Å². The van der Waals surface area contributed by atoms with Crippen LogP contribution in [0.25, 0.3) is 0 Å². The van der Waals surface area contributed by atoms with Crippen molar-refractivity contribution in [1.29, 1.82) is 0 Å². The summed E-state index contributed by atoms with van der Waals surface area (Å²) in [5, 5.41) is 7.81. The minimum atomic E-state index is 0.467. The fourth-order valence-electron chi connectivity index (χ4n) is 2.46. The fourth-order valence-corrected chi connectivity index (χ4v) is 3.21. The molecule has 0 radical (unpaired) electrons. The van der Waals surface area contributed by atoms with E-state index in [2.05, 4.69) is 40.6 Å². The number of hydrogen-bond donors (Lipinski definition) is 1. The van der Waals surface area contributed by atoms with E-state index in [9.17, 15) is 0 Å². The Bertz CT molecular complexity index is 358. The number of nitrogens with one attached hydrogen (secondary N) is 1. The lowest BCUT2D eigenvalue weighted by Gasteiger charge is -2.21. The maximum absolute atomic E-state index is 4.22. The van der Waals surface area contributed by atoms with Crippen molar-refractivity contribution in [3.8, 4) is 0 Å². The molecule has 1 N–H and O–H groups in total. The molecule has 102 valence electrons. The van der Waals surface area contributed by atoms with Crippen LogP contribution in [0, 0.1) is 0 Å². The minimum absolute atomic E-state index is 0.467. The quantitative estimate of drug-likeness (QED) is 0.859. The first-order chi connectivity index (χ1) is 8.66. The van der Waals surface area contributed by atoms with E-state index in [1.807, 2.05) is 0 Å². The lowest BCUT2D eigenvalue weighted by atomic mass is 10.1. The second-order valence-electron chi connectivity index (χ2n) is 5.53. The molecule has 2 rings (SSSR count). The summed E-state index contributed by atoms with van der Waals surface area (Å²) in [6, 6.07) is 0.533. The topological polar surface area (TPSA) is 41.0 Å². The van der Waals surface area contributed by atoms with Crippen LogP contribution in [0.3, 0.4) is 0 Å². The number of likely N-dealkylation sites (tertiary alicyclic amines) is 1. The van der Waals surface area contributed by atoms with E-state index in [1.54, 1.807) is 0 Å². The summed E-state index contributed by atoms with van der Waals surface area (Å²) >= 11 is 1.53. The van der Waals surface area contributed by atoms with Crippen LogP contribution in [0.5, 0.6) is 0 Å². The van der Waals surface area contributed by atoms with E-state index >= 15 is 0 Å². The number of nitrogens with zero attached hydrogens (tertiary/aromatic N) is 3. The van der Waals surface area contributed by atoms with Gasteiger partial charge in [0.1, 0.15) is 0 Å². The molecule has 0 aliphatic carbocycles. The molecule has 5 heteroatoms. The van der Waals surface area contributed by atoms with Crippen molar-refractivity contribution in [3.63, 3.8) is 0 Å². The number of rotatable bonds is 6. The lowest BCUT2D eigenvalue weighted by molar-refractivity contribution is 0.298. The van der Waals surface area contributed by atoms with E-state index in [-0.39, 0.29) is 0 Å². The van der Waals surface area contributed by atoms with Gasteiger partial charge in [-0.3, -0.25) is 0 Å². The highest BCUT2D eigenvalue weighted by Crippen LogP contribution is 2.19. The molecule has 0 aromatic carbocycles. The molecule has 2 heterocycles.